The van der Waals surface area contributed by atoms with E-state index in [9.17, 15) is 8.42 Å². The van der Waals surface area contributed by atoms with Crippen molar-refractivity contribution in [2.45, 2.75) is 58.5 Å². The third-order valence-corrected chi connectivity index (χ3v) is 5.96. The molecule has 5 heteroatoms. The highest BCUT2D eigenvalue weighted by atomic mass is 32.2. The van der Waals surface area contributed by atoms with Crippen molar-refractivity contribution in [3.63, 3.8) is 0 Å². The smallest absolute Gasteiger partial charge is 0.241 e. The maximum Gasteiger partial charge on any atom is 0.241 e. The van der Waals surface area contributed by atoms with Crippen molar-refractivity contribution in [3.8, 4) is 0 Å². The Morgan fingerprint density at radius 3 is 2.43 bits per heavy atom. The topological polar surface area (TPSA) is 58.2 Å². The molecule has 21 heavy (non-hydrogen) atoms. The number of rotatable bonds is 6. The van der Waals surface area contributed by atoms with E-state index in [4.69, 9.17) is 0 Å². The van der Waals surface area contributed by atoms with E-state index in [1.54, 1.807) is 6.07 Å². The predicted octanol–water partition coefficient (Wildman–Crippen LogP) is 2.49. The van der Waals surface area contributed by atoms with Gasteiger partial charge in [0.05, 0.1) is 4.90 Å². The minimum absolute atomic E-state index is 0.0552. The largest absolute Gasteiger partial charge is 0.313 e. The summed E-state index contributed by atoms with van der Waals surface area (Å²) in [5.74, 6) is 0. The molecule has 4 nitrogen and oxygen atoms in total. The highest BCUT2D eigenvalue weighted by Gasteiger charge is 2.48. The molecule has 0 amide bonds. The van der Waals surface area contributed by atoms with E-state index in [0.717, 1.165) is 29.7 Å². The van der Waals surface area contributed by atoms with Crippen molar-refractivity contribution in [1.82, 2.24) is 10.0 Å². The summed E-state index contributed by atoms with van der Waals surface area (Å²) < 4.78 is 28.1. The first-order valence-electron chi connectivity index (χ1n) is 7.50. The van der Waals surface area contributed by atoms with Gasteiger partial charge >= 0.3 is 0 Å². The number of benzene rings is 1. The quantitative estimate of drug-likeness (QED) is 0.849. The first-order chi connectivity index (χ1) is 9.67. The zero-order chi connectivity index (χ0) is 15.8. The van der Waals surface area contributed by atoms with Crippen LogP contribution >= 0.6 is 0 Å². The number of hydrogen-bond acceptors (Lipinski definition) is 3. The molecule has 1 aliphatic carbocycles. The van der Waals surface area contributed by atoms with Gasteiger partial charge in [-0.05, 0) is 55.0 Å². The van der Waals surface area contributed by atoms with E-state index in [1.165, 1.54) is 0 Å². The lowest BCUT2D eigenvalue weighted by Gasteiger charge is -2.14. The number of hydrogen-bond donors (Lipinski definition) is 2. The molecule has 1 unspecified atom stereocenters. The molecule has 1 fully saturated rings. The Kier molecular flexibility index (Phi) is 4.47. The fourth-order valence-corrected chi connectivity index (χ4v) is 4.24. The van der Waals surface area contributed by atoms with Crippen LogP contribution in [0.5, 0.6) is 0 Å². The SMILES string of the molecule is CCNCc1cc(C)c(C)c(S(=O)(=O)NC2CC2(C)C)c1. The van der Waals surface area contributed by atoms with Gasteiger partial charge in [-0.3, -0.25) is 0 Å². The van der Waals surface area contributed by atoms with Crippen molar-refractivity contribution in [1.29, 1.82) is 0 Å². The van der Waals surface area contributed by atoms with Crippen LogP contribution < -0.4 is 10.0 Å². The van der Waals surface area contributed by atoms with Crippen LogP contribution in [0.2, 0.25) is 0 Å². The van der Waals surface area contributed by atoms with Crippen LogP contribution in [0.25, 0.3) is 0 Å². The molecule has 1 aliphatic rings. The third kappa shape index (κ3) is 3.65. The van der Waals surface area contributed by atoms with Gasteiger partial charge in [0.2, 0.25) is 10.0 Å². The number of sulfonamides is 1. The van der Waals surface area contributed by atoms with Crippen LogP contribution in [-0.4, -0.2) is 21.0 Å². The molecule has 1 aromatic carbocycles. The number of aryl methyl sites for hydroxylation is 1. The molecular formula is C16H26N2O2S. The summed E-state index contributed by atoms with van der Waals surface area (Å²) in [4.78, 5) is 0.415. The van der Waals surface area contributed by atoms with Crippen LogP contribution in [0.4, 0.5) is 0 Å². The normalized spacial score (nSPS) is 20.5. The molecule has 2 rings (SSSR count). The lowest BCUT2D eigenvalue weighted by molar-refractivity contribution is 0.554. The van der Waals surface area contributed by atoms with Gasteiger partial charge in [-0.15, -0.1) is 0 Å². The molecule has 118 valence electrons. The van der Waals surface area contributed by atoms with Crippen molar-refractivity contribution in [2.24, 2.45) is 5.41 Å². The fourth-order valence-electron chi connectivity index (χ4n) is 2.47. The minimum Gasteiger partial charge on any atom is -0.313 e. The van der Waals surface area contributed by atoms with Crippen molar-refractivity contribution < 1.29 is 8.42 Å². The van der Waals surface area contributed by atoms with Gasteiger partial charge in [-0.25, -0.2) is 13.1 Å². The van der Waals surface area contributed by atoms with Gasteiger partial charge in [-0.2, -0.15) is 0 Å². The van der Waals surface area contributed by atoms with Crippen LogP contribution in [0.15, 0.2) is 17.0 Å². The van der Waals surface area contributed by atoms with Gasteiger partial charge in [0, 0.05) is 12.6 Å². The summed E-state index contributed by atoms with van der Waals surface area (Å²) in [7, 11) is -3.45. The van der Waals surface area contributed by atoms with Crippen molar-refractivity contribution in [2.75, 3.05) is 6.54 Å². The summed E-state index contributed by atoms with van der Waals surface area (Å²) in [5, 5.41) is 3.24. The van der Waals surface area contributed by atoms with E-state index >= 15 is 0 Å². The molecule has 0 spiro atoms. The Hall–Kier alpha value is -0.910. The second-order valence-corrected chi connectivity index (χ2v) is 8.37. The second-order valence-electron chi connectivity index (χ2n) is 6.68. The van der Waals surface area contributed by atoms with E-state index in [0.29, 0.717) is 11.4 Å². The Balaban J connectivity index is 2.31. The number of nitrogens with one attached hydrogen (secondary N) is 2. The molecule has 1 atom stereocenters. The van der Waals surface area contributed by atoms with E-state index in [1.807, 2.05) is 20.8 Å². The first kappa shape index (κ1) is 16.5. The van der Waals surface area contributed by atoms with Gasteiger partial charge in [0.15, 0.2) is 0 Å². The summed E-state index contributed by atoms with van der Waals surface area (Å²) in [5.41, 5.74) is 2.94. The molecule has 2 N–H and O–H groups in total. The van der Waals surface area contributed by atoms with Gasteiger partial charge in [-0.1, -0.05) is 26.8 Å². The van der Waals surface area contributed by atoms with Crippen molar-refractivity contribution in [3.05, 3.63) is 28.8 Å². The zero-order valence-corrected chi connectivity index (χ0v) is 14.4. The standard InChI is InChI=1S/C16H26N2O2S/c1-6-17-10-13-7-11(2)12(3)14(8-13)21(19,20)18-15-9-16(15,4)5/h7-8,15,17-18H,6,9-10H2,1-5H3. The predicted molar refractivity (Wildman–Crippen MR) is 85.8 cm³/mol. The average Bonchev–Trinajstić information content (AvgIpc) is 2.96. The second kappa shape index (κ2) is 5.71. The minimum atomic E-state index is -3.45. The van der Waals surface area contributed by atoms with Gasteiger partial charge in [0.25, 0.3) is 0 Å². The van der Waals surface area contributed by atoms with Gasteiger partial charge < -0.3 is 5.32 Å². The molecule has 0 saturated heterocycles. The summed E-state index contributed by atoms with van der Waals surface area (Å²) >= 11 is 0. The lowest BCUT2D eigenvalue weighted by Crippen LogP contribution is -2.29. The molecular weight excluding hydrogens is 284 g/mol. The Morgan fingerprint density at radius 1 is 1.29 bits per heavy atom. The summed E-state index contributed by atoms with van der Waals surface area (Å²) in [6.07, 6.45) is 0.904. The molecule has 0 aromatic heterocycles. The van der Waals surface area contributed by atoms with Gasteiger partial charge in [0.1, 0.15) is 0 Å². The maximum absolute atomic E-state index is 12.6. The summed E-state index contributed by atoms with van der Waals surface area (Å²) in [6, 6.07) is 3.90. The third-order valence-electron chi connectivity index (χ3n) is 4.36. The van der Waals surface area contributed by atoms with Crippen LogP contribution in [0.1, 0.15) is 43.9 Å². The molecule has 0 heterocycles. The van der Waals surface area contributed by atoms with Crippen LogP contribution in [0, 0.1) is 19.3 Å². The van der Waals surface area contributed by atoms with Crippen LogP contribution in [0.3, 0.4) is 0 Å². The first-order valence-corrected chi connectivity index (χ1v) is 8.99. The molecule has 1 saturated carbocycles. The summed E-state index contributed by atoms with van der Waals surface area (Å²) in [6.45, 7) is 11.6. The zero-order valence-electron chi connectivity index (χ0n) is 13.6. The van der Waals surface area contributed by atoms with E-state index in [-0.39, 0.29) is 11.5 Å². The van der Waals surface area contributed by atoms with Crippen molar-refractivity contribution >= 4 is 10.0 Å². The fraction of sp³-hybridized carbons (Fsp3) is 0.625. The van der Waals surface area contributed by atoms with E-state index < -0.39 is 10.0 Å². The average molecular weight is 310 g/mol. The lowest BCUT2D eigenvalue weighted by atomic mass is 10.1. The Bertz CT molecular complexity index is 636. The molecule has 0 bridgehead atoms. The Labute approximate surface area is 128 Å². The molecule has 1 aromatic rings. The monoisotopic (exact) mass is 310 g/mol. The Morgan fingerprint density at radius 2 is 1.90 bits per heavy atom. The van der Waals surface area contributed by atoms with E-state index in [2.05, 4.69) is 30.0 Å². The molecule has 0 aliphatic heterocycles. The molecule has 0 radical (unpaired) electrons. The van der Waals surface area contributed by atoms with Crippen LogP contribution in [-0.2, 0) is 16.6 Å². The highest BCUT2D eigenvalue weighted by molar-refractivity contribution is 7.89. The maximum atomic E-state index is 12.6. The highest BCUT2D eigenvalue weighted by Crippen LogP contribution is 2.45.